The summed E-state index contributed by atoms with van der Waals surface area (Å²) in [6.07, 6.45) is -4.27. The maximum Gasteiger partial charge on any atom is 0.416 e. The average molecular weight is 483 g/mol. The number of hydrogen-bond donors (Lipinski definition) is 1. The van der Waals surface area contributed by atoms with Crippen LogP contribution in [0.15, 0.2) is 40.9 Å². The molecule has 0 spiro atoms. The number of nitrogens with one attached hydrogen (secondary N) is 1. The molecular weight excluding hydrogens is 467 g/mol. The van der Waals surface area contributed by atoms with Gasteiger partial charge in [0.15, 0.2) is 0 Å². The summed E-state index contributed by atoms with van der Waals surface area (Å²) < 4.78 is 44.4. The summed E-state index contributed by atoms with van der Waals surface area (Å²) in [6, 6.07) is 7.83. The summed E-state index contributed by atoms with van der Waals surface area (Å²) in [5, 5.41) is 2.90. The van der Waals surface area contributed by atoms with Gasteiger partial charge in [0.2, 0.25) is 0 Å². The van der Waals surface area contributed by atoms with E-state index in [1.165, 1.54) is 0 Å². The summed E-state index contributed by atoms with van der Waals surface area (Å²) in [6.45, 7) is 2.10. The highest BCUT2D eigenvalue weighted by Gasteiger charge is 2.31. The van der Waals surface area contributed by atoms with E-state index in [9.17, 15) is 18.0 Å². The second-order valence-electron chi connectivity index (χ2n) is 5.44. The second kappa shape index (κ2) is 9.99. The van der Waals surface area contributed by atoms with Crippen LogP contribution in [0.2, 0.25) is 5.02 Å². The van der Waals surface area contributed by atoms with Gasteiger partial charge in [-0.05, 0) is 46.3 Å². The van der Waals surface area contributed by atoms with Crippen molar-refractivity contribution in [3.8, 4) is 11.5 Å². The molecule has 0 atom stereocenters. The Bertz CT molecular complexity index is 833. The summed E-state index contributed by atoms with van der Waals surface area (Å²) in [4.78, 5) is 20.2. The minimum Gasteiger partial charge on any atom is -0.456 e. The zero-order valence-corrected chi connectivity index (χ0v) is 17.0. The molecule has 0 aliphatic rings. The van der Waals surface area contributed by atoms with Gasteiger partial charge in [0, 0.05) is 23.5 Å². The topological polar surface area (TPSA) is 56.8 Å². The van der Waals surface area contributed by atoms with Crippen LogP contribution >= 0.6 is 27.5 Å². The monoisotopic (exact) mass is 481 g/mol. The van der Waals surface area contributed by atoms with Crippen LogP contribution in [0.1, 0.15) is 18.9 Å². The maximum atomic E-state index is 12.7. The standard InChI is InChI=1S/C18H16BrClF3NO4/c1-2-17(25)28-26-8-7-24-15-10-12(4-5-13(15)19)27-16-6-3-11(9-14(16)20)18(21,22)23/h3-6,9-10,24H,2,7-8H2,1H3. The van der Waals surface area contributed by atoms with E-state index < -0.39 is 17.7 Å². The molecule has 10 heteroatoms. The lowest BCUT2D eigenvalue weighted by Gasteiger charge is -2.13. The molecule has 2 rings (SSSR count). The van der Waals surface area contributed by atoms with Gasteiger partial charge < -0.3 is 10.1 Å². The number of carbonyl (C=O) groups excluding carboxylic acids is 1. The van der Waals surface area contributed by atoms with Crippen molar-refractivity contribution in [1.82, 2.24) is 0 Å². The molecule has 0 saturated carbocycles. The van der Waals surface area contributed by atoms with Crippen LogP contribution in [-0.4, -0.2) is 19.1 Å². The SMILES string of the molecule is CCC(=O)OOCCNc1cc(Oc2ccc(C(F)(F)F)cc2Cl)ccc1Br. The Labute approximate surface area is 172 Å². The van der Waals surface area contributed by atoms with Gasteiger partial charge in [-0.25, -0.2) is 4.79 Å². The molecule has 0 aliphatic carbocycles. The number of rotatable bonds is 8. The van der Waals surface area contributed by atoms with Crippen LogP contribution in [0.5, 0.6) is 11.5 Å². The first kappa shape index (κ1) is 22.3. The van der Waals surface area contributed by atoms with E-state index in [2.05, 4.69) is 26.1 Å². The van der Waals surface area contributed by atoms with Gasteiger partial charge in [0.05, 0.1) is 16.3 Å². The van der Waals surface area contributed by atoms with Gasteiger partial charge in [-0.1, -0.05) is 18.5 Å². The van der Waals surface area contributed by atoms with Crippen molar-refractivity contribution < 1.29 is 32.5 Å². The fraction of sp³-hybridized carbons (Fsp3) is 0.278. The molecule has 1 N–H and O–H groups in total. The maximum absolute atomic E-state index is 12.7. The lowest BCUT2D eigenvalue weighted by atomic mass is 10.2. The second-order valence-corrected chi connectivity index (χ2v) is 6.71. The predicted octanol–water partition coefficient (Wildman–Crippen LogP) is 6.21. The molecule has 0 radical (unpaired) electrons. The Hall–Kier alpha value is -1.97. The summed E-state index contributed by atoms with van der Waals surface area (Å²) >= 11 is 9.27. The number of anilines is 1. The largest absolute Gasteiger partial charge is 0.456 e. The molecule has 2 aromatic carbocycles. The molecule has 5 nitrogen and oxygen atoms in total. The smallest absolute Gasteiger partial charge is 0.416 e. The number of ether oxygens (including phenoxy) is 1. The minimum atomic E-state index is -4.48. The molecular formula is C18H16BrClF3NO4. The number of carbonyl (C=O) groups is 1. The lowest BCUT2D eigenvalue weighted by molar-refractivity contribution is -0.269. The quantitative estimate of drug-likeness (QED) is 0.275. The van der Waals surface area contributed by atoms with Crippen molar-refractivity contribution in [2.24, 2.45) is 0 Å². The fourth-order valence-corrected chi connectivity index (χ4v) is 2.59. The average Bonchev–Trinajstić information content (AvgIpc) is 2.64. The van der Waals surface area contributed by atoms with E-state index in [-0.39, 0.29) is 23.8 Å². The highest BCUT2D eigenvalue weighted by atomic mass is 79.9. The third-order valence-electron chi connectivity index (χ3n) is 3.37. The van der Waals surface area contributed by atoms with Gasteiger partial charge >= 0.3 is 12.1 Å². The summed E-state index contributed by atoms with van der Waals surface area (Å²) in [5.74, 6) is -0.00608. The highest BCUT2D eigenvalue weighted by molar-refractivity contribution is 9.10. The van der Waals surface area contributed by atoms with E-state index in [1.807, 2.05) is 0 Å². The Kier molecular flexibility index (Phi) is 7.97. The van der Waals surface area contributed by atoms with E-state index in [0.717, 1.165) is 22.7 Å². The van der Waals surface area contributed by atoms with Gasteiger partial charge in [0.25, 0.3) is 0 Å². The first-order chi connectivity index (χ1) is 13.2. The third-order valence-corrected chi connectivity index (χ3v) is 4.35. The summed E-state index contributed by atoms with van der Waals surface area (Å²) in [7, 11) is 0. The van der Waals surface area contributed by atoms with E-state index >= 15 is 0 Å². The Morgan fingerprint density at radius 3 is 2.61 bits per heavy atom. The zero-order chi connectivity index (χ0) is 20.7. The Morgan fingerprint density at radius 2 is 1.96 bits per heavy atom. The number of alkyl halides is 3. The molecule has 0 bridgehead atoms. The Balaban J connectivity index is 2.00. The van der Waals surface area contributed by atoms with Crippen LogP contribution in [-0.2, 0) is 20.7 Å². The molecule has 0 aliphatic heterocycles. The number of halogens is 5. The van der Waals surface area contributed by atoms with Crippen molar-refractivity contribution in [1.29, 1.82) is 0 Å². The minimum absolute atomic E-state index is 0.0951. The molecule has 0 unspecified atom stereocenters. The van der Waals surface area contributed by atoms with Gasteiger partial charge in [-0.2, -0.15) is 18.1 Å². The fourth-order valence-electron chi connectivity index (χ4n) is 1.98. The first-order valence-electron chi connectivity index (χ1n) is 8.11. The van der Waals surface area contributed by atoms with Gasteiger partial charge in [-0.3, -0.25) is 4.89 Å². The van der Waals surface area contributed by atoms with Crippen LogP contribution in [0.25, 0.3) is 0 Å². The summed E-state index contributed by atoms with van der Waals surface area (Å²) in [5.41, 5.74) is -0.210. The van der Waals surface area contributed by atoms with Crippen LogP contribution in [0.3, 0.4) is 0 Å². The molecule has 0 amide bonds. The molecule has 28 heavy (non-hydrogen) atoms. The molecule has 0 saturated heterocycles. The van der Waals surface area contributed by atoms with Gasteiger partial charge in [0.1, 0.15) is 18.1 Å². The van der Waals surface area contributed by atoms with Crippen LogP contribution < -0.4 is 10.1 Å². The van der Waals surface area contributed by atoms with Crippen LogP contribution in [0, 0.1) is 0 Å². The molecule has 2 aromatic rings. The van der Waals surface area contributed by atoms with E-state index in [1.54, 1.807) is 25.1 Å². The first-order valence-corrected chi connectivity index (χ1v) is 9.28. The van der Waals surface area contributed by atoms with E-state index in [4.69, 9.17) is 21.2 Å². The predicted molar refractivity (Wildman–Crippen MR) is 101 cm³/mol. The van der Waals surface area contributed by atoms with Crippen molar-refractivity contribution in [3.05, 3.63) is 51.5 Å². The zero-order valence-electron chi connectivity index (χ0n) is 14.6. The number of benzene rings is 2. The van der Waals surface area contributed by atoms with Crippen molar-refractivity contribution in [2.75, 3.05) is 18.5 Å². The van der Waals surface area contributed by atoms with Crippen LogP contribution in [0.4, 0.5) is 18.9 Å². The normalized spacial score (nSPS) is 11.2. The molecule has 0 heterocycles. The number of hydrogen-bond acceptors (Lipinski definition) is 5. The van der Waals surface area contributed by atoms with E-state index in [0.29, 0.717) is 18.0 Å². The lowest BCUT2D eigenvalue weighted by Crippen LogP contribution is -2.12. The third kappa shape index (κ3) is 6.57. The Morgan fingerprint density at radius 1 is 1.21 bits per heavy atom. The van der Waals surface area contributed by atoms with Crippen molar-refractivity contribution in [2.45, 2.75) is 19.5 Å². The van der Waals surface area contributed by atoms with Crippen molar-refractivity contribution in [3.63, 3.8) is 0 Å². The molecule has 0 fully saturated rings. The highest BCUT2D eigenvalue weighted by Crippen LogP contribution is 2.37. The van der Waals surface area contributed by atoms with Crippen molar-refractivity contribution >= 4 is 39.2 Å². The molecule has 0 aromatic heterocycles. The van der Waals surface area contributed by atoms with Gasteiger partial charge in [-0.15, -0.1) is 0 Å². The molecule has 152 valence electrons.